The molecule has 0 atom stereocenters. The first-order valence-corrected chi connectivity index (χ1v) is 8.60. The van der Waals surface area contributed by atoms with Crippen LogP contribution < -0.4 is 0 Å². The highest BCUT2D eigenvalue weighted by Crippen LogP contribution is 2.48. The van der Waals surface area contributed by atoms with E-state index in [1.165, 1.54) is 46.4 Å². The second kappa shape index (κ2) is 6.89. The molecule has 0 bridgehead atoms. The van der Waals surface area contributed by atoms with Crippen molar-refractivity contribution in [1.82, 2.24) is 7.88 Å². The van der Waals surface area contributed by atoms with Crippen molar-refractivity contribution in [3.8, 4) is 0 Å². The first kappa shape index (κ1) is 16.5. The summed E-state index contributed by atoms with van der Waals surface area (Å²) in [6, 6.07) is 0. The van der Waals surface area contributed by atoms with Crippen LogP contribution in [0.15, 0.2) is 0 Å². The van der Waals surface area contributed by atoms with Crippen LogP contribution in [0, 0.1) is 0 Å². The van der Waals surface area contributed by atoms with Crippen LogP contribution in [-0.4, -0.2) is 19.0 Å². The molecule has 0 unspecified atom stereocenters. The summed E-state index contributed by atoms with van der Waals surface area (Å²) in [5, 5.41) is 0. The maximum Gasteiger partial charge on any atom is 0.0545 e. The van der Waals surface area contributed by atoms with E-state index in [-0.39, 0.29) is 11.1 Å². The van der Waals surface area contributed by atoms with Crippen LogP contribution in [0.25, 0.3) is 0 Å². The number of halogens is 4. The summed E-state index contributed by atoms with van der Waals surface area (Å²) >= 11 is 24.8. The van der Waals surface area contributed by atoms with Crippen LogP contribution in [0.2, 0.25) is 0 Å². The Morgan fingerprint density at radius 1 is 0.579 bits per heavy atom. The van der Waals surface area contributed by atoms with Crippen LogP contribution in [-0.2, 0) is 0 Å². The van der Waals surface area contributed by atoms with Gasteiger partial charge >= 0.3 is 0 Å². The Hall–Kier alpha value is 1.08. The monoisotopic (exact) mass is 346 g/mol. The van der Waals surface area contributed by atoms with Crippen molar-refractivity contribution in [3.05, 3.63) is 0 Å². The van der Waals surface area contributed by atoms with E-state index in [4.69, 9.17) is 47.1 Å². The summed E-state index contributed by atoms with van der Waals surface area (Å²) in [5.41, 5.74) is -0.332. The maximum atomic E-state index is 6.19. The lowest BCUT2D eigenvalue weighted by molar-refractivity contribution is 0.0833. The van der Waals surface area contributed by atoms with E-state index < -0.39 is 0 Å². The predicted octanol–water partition coefficient (Wildman–Crippen LogP) is 6.00. The normalized spacial score (nSPS) is 26.8. The second-order valence-electron chi connectivity index (χ2n) is 6.21. The van der Waals surface area contributed by atoms with Gasteiger partial charge in [0.1, 0.15) is 0 Å². The van der Waals surface area contributed by atoms with E-state index in [0.717, 1.165) is 32.1 Å². The minimum Gasteiger partial charge on any atom is -0.126 e. The Kier molecular flexibility index (Phi) is 5.97. The lowest BCUT2D eigenvalue weighted by atomic mass is 9.69. The number of nitrogens with zero attached hydrogens (tertiary/aromatic N) is 2. The lowest BCUT2D eigenvalue weighted by Crippen LogP contribution is -2.52. The molecule has 0 saturated heterocycles. The fourth-order valence-electron chi connectivity index (χ4n) is 3.84. The van der Waals surface area contributed by atoms with Crippen LogP contribution in [0.3, 0.4) is 0 Å². The van der Waals surface area contributed by atoms with E-state index in [1.807, 2.05) is 0 Å². The Balaban J connectivity index is 2.17. The molecule has 2 fully saturated rings. The molecule has 2 aliphatic rings. The van der Waals surface area contributed by atoms with E-state index in [9.17, 15) is 0 Å². The van der Waals surface area contributed by atoms with Gasteiger partial charge in [0.15, 0.2) is 0 Å². The molecule has 112 valence electrons. The van der Waals surface area contributed by atoms with Gasteiger partial charge in [-0.1, -0.05) is 38.5 Å². The minimum atomic E-state index is -0.166. The number of rotatable bonds is 4. The maximum absolute atomic E-state index is 6.19. The van der Waals surface area contributed by atoms with Gasteiger partial charge in [-0.2, -0.15) is 0 Å². The Bertz CT molecular complexity index is 256. The van der Waals surface area contributed by atoms with Gasteiger partial charge in [-0.05, 0) is 79.2 Å². The molecule has 0 aromatic heterocycles. The summed E-state index contributed by atoms with van der Waals surface area (Å²) < 4.78 is 2.78. The summed E-state index contributed by atoms with van der Waals surface area (Å²) in [5.74, 6) is 0. The summed E-state index contributed by atoms with van der Waals surface area (Å²) in [6.45, 7) is 0. The largest absolute Gasteiger partial charge is 0.126 e. The molecule has 0 heterocycles. The van der Waals surface area contributed by atoms with Crippen LogP contribution in [0.5, 0.6) is 0 Å². The molecule has 2 aliphatic carbocycles. The lowest BCUT2D eigenvalue weighted by Gasteiger charge is -2.48. The van der Waals surface area contributed by atoms with Gasteiger partial charge in [-0.3, -0.25) is 0 Å². The molecule has 0 aromatic carbocycles. The molecule has 0 aromatic rings. The summed E-state index contributed by atoms with van der Waals surface area (Å²) in [6.07, 6.45) is 12.2. The molecule has 6 heteroatoms. The van der Waals surface area contributed by atoms with Gasteiger partial charge in [-0.15, -0.1) is 7.88 Å². The van der Waals surface area contributed by atoms with Crippen molar-refractivity contribution in [1.29, 1.82) is 0 Å². The third kappa shape index (κ3) is 3.64. The van der Waals surface area contributed by atoms with E-state index in [1.54, 1.807) is 0 Å². The SMILES string of the molecule is ClN(Cl)C1(CC2(N(Cl)Cl)CCCCC2)CCCCC1. The summed E-state index contributed by atoms with van der Waals surface area (Å²) in [7, 11) is 0. The average Bonchev–Trinajstić information content (AvgIpc) is 2.40. The molecule has 2 rings (SSSR count). The van der Waals surface area contributed by atoms with Gasteiger partial charge < -0.3 is 0 Å². The number of hydrogen-bond acceptors (Lipinski definition) is 2. The van der Waals surface area contributed by atoms with Gasteiger partial charge in [-0.25, -0.2) is 0 Å². The molecule has 0 spiro atoms. The minimum absolute atomic E-state index is 0.166. The highest BCUT2D eigenvalue weighted by molar-refractivity contribution is 6.35. The quantitative estimate of drug-likeness (QED) is 0.575. The van der Waals surface area contributed by atoms with Crippen molar-refractivity contribution in [3.63, 3.8) is 0 Å². The Labute approximate surface area is 136 Å². The standard InChI is InChI=1S/C13H22Cl4N2/c14-18(15)12(7-3-1-4-8-12)11-13(19(16)17)9-5-2-6-10-13/h1-11H2. The van der Waals surface area contributed by atoms with Crippen molar-refractivity contribution < 1.29 is 0 Å². The van der Waals surface area contributed by atoms with Crippen LogP contribution in [0.4, 0.5) is 0 Å². The molecule has 2 saturated carbocycles. The molecule has 2 nitrogen and oxygen atoms in total. The fourth-order valence-corrected chi connectivity index (χ4v) is 4.76. The van der Waals surface area contributed by atoms with Crippen molar-refractivity contribution in [2.24, 2.45) is 0 Å². The number of hydrogen-bond donors (Lipinski definition) is 0. The van der Waals surface area contributed by atoms with Gasteiger partial charge in [0.05, 0.1) is 11.1 Å². The zero-order chi connectivity index (χ0) is 13.9. The van der Waals surface area contributed by atoms with Crippen LogP contribution >= 0.6 is 47.1 Å². The second-order valence-corrected chi connectivity index (χ2v) is 7.91. The molecular formula is C13H22Cl4N2. The Morgan fingerprint density at radius 3 is 1.16 bits per heavy atom. The zero-order valence-electron chi connectivity index (χ0n) is 11.2. The molecule has 0 N–H and O–H groups in total. The highest BCUT2D eigenvalue weighted by Gasteiger charge is 2.48. The first-order valence-electron chi connectivity index (χ1n) is 7.24. The first-order chi connectivity index (χ1) is 9.01. The van der Waals surface area contributed by atoms with E-state index in [0.29, 0.717) is 0 Å². The highest BCUT2D eigenvalue weighted by atomic mass is 35.5. The molecule has 19 heavy (non-hydrogen) atoms. The van der Waals surface area contributed by atoms with Crippen LogP contribution in [0.1, 0.15) is 70.6 Å². The fraction of sp³-hybridized carbons (Fsp3) is 1.00. The summed E-state index contributed by atoms with van der Waals surface area (Å²) in [4.78, 5) is 0. The molecule has 0 amide bonds. The van der Waals surface area contributed by atoms with Gasteiger partial charge in [0.25, 0.3) is 0 Å². The van der Waals surface area contributed by atoms with Crippen molar-refractivity contribution >= 4 is 47.1 Å². The molecule has 0 radical (unpaired) electrons. The zero-order valence-corrected chi connectivity index (χ0v) is 14.2. The topological polar surface area (TPSA) is 6.48 Å². The van der Waals surface area contributed by atoms with Gasteiger partial charge in [0, 0.05) is 0 Å². The van der Waals surface area contributed by atoms with E-state index in [2.05, 4.69) is 0 Å². The smallest absolute Gasteiger partial charge is 0.0545 e. The predicted molar refractivity (Wildman–Crippen MR) is 83.3 cm³/mol. The Morgan fingerprint density at radius 2 is 0.895 bits per heavy atom. The molecule has 0 aliphatic heterocycles. The molecular weight excluding hydrogens is 326 g/mol. The van der Waals surface area contributed by atoms with Crippen molar-refractivity contribution in [2.75, 3.05) is 0 Å². The van der Waals surface area contributed by atoms with Gasteiger partial charge in [0.2, 0.25) is 0 Å². The van der Waals surface area contributed by atoms with E-state index >= 15 is 0 Å². The van der Waals surface area contributed by atoms with Crippen molar-refractivity contribution in [2.45, 2.75) is 81.7 Å². The third-order valence-electron chi connectivity index (χ3n) is 4.94. The average molecular weight is 348 g/mol. The third-order valence-corrected chi connectivity index (χ3v) is 6.38.